The molecule has 0 aliphatic carbocycles. The maximum absolute atomic E-state index is 12.2. The zero-order valence-electron chi connectivity index (χ0n) is 16.4. The lowest BCUT2D eigenvalue weighted by Crippen LogP contribution is -2.45. The van der Waals surface area contributed by atoms with Gasteiger partial charge in [0.05, 0.1) is 11.8 Å². The fourth-order valence-corrected chi connectivity index (χ4v) is 3.85. The summed E-state index contributed by atoms with van der Waals surface area (Å²) in [5, 5.41) is 4.28. The standard InChI is InChI=1S/C21H25ClN4O/c1-13-9-18-17(14(2)11-21(3,4)26(18)5)10-15(13)12-24-25-20(27)16-7-6-8-23-19(16)22/h6-10,12,14H,11H2,1-5H3,(H,25,27)/b24-12-. The third-order valence-electron chi connectivity index (χ3n) is 5.39. The van der Waals surface area contributed by atoms with Crippen LogP contribution in [0.15, 0.2) is 35.6 Å². The Bertz CT molecular complexity index is 907. The summed E-state index contributed by atoms with van der Waals surface area (Å²) in [6.07, 6.45) is 4.31. The van der Waals surface area contributed by atoms with Crippen molar-refractivity contribution in [3.05, 3.63) is 57.9 Å². The van der Waals surface area contributed by atoms with E-state index in [1.165, 1.54) is 11.3 Å². The highest BCUT2D eigenvalue weighted by atomic mass is 35.5. The van der Waals surface area contributed by atoms with Gasteiger partial charge in [-0.1, -0.05) is 18.5 Å². The zero-order valence-corrected chi connectivity index (χ0v) is 17.1. The number of aromatic nitrogens is 1. The number of carbonyl (C=O) groups excluding carboxylic acids is 1. The fourth-order valence-electron chi connectivity index (χ4n) is 3.65. The Hall–Kier alpha value is -2.40. The average molecular weight is 385 g/mol. The van der Waals surface area contributed by atoms with Gasteiger partial charge in [-0.15, -0.1) is 0 Å². The number of anilines is 1. The molecule has 0 fully saturated rings. The monoisotopic (exact) mass is 384 g/mol. The second-order valence-corrected chi connectivity index (χ2v) is 8.14. The third kappa shape index (κ3) is 3.83. The minimum Gasteiger partial charge on any atom is -0.369 e. The van der Waals surface area contributed by atoms with Crippen molar-refractivity contribution in [3.63, 3.8) is 0 Å². The molecule has 27 heavy (non-hydrogen) atoms. The Morgan fingerprint density at radius 2 is 2.19 bits per heavy atom. The molecule has 0 saturated heterocycles. The van der Waals surface area contributed by atoms with Crippen LogP contribution in [0.1, 0.15) is 60.2 Å². The molecule has 1 N–H and O–H groups in total. The molecule has 1 atom stereocenters. The number of hydrazone groups is 1. The van der Waals surface area contributed by atoms with E-state index >= 15 is 0 Å². The van der Waals surface area contributed by atoms with Crippen LogP contribution in [0.2, 0.25) is 5.15 Å². The quantitative estimate of drug-likeness (QED) is 0.480. The maximum atomic E-state index is 12.2. The molecule has 3 rings (SSSR count). The van der Waals surface area contributed by atoms with E-state index in [-0.39, 0.29) is 16.6 Å². The van der Waals surface area contributed by atoms with Crippen LogP contribution in [0.4, 0.5) is 5.69 Å². The first-order chi connectivity index (χ1) is 12.7. The molecule has 1 aliphatic rings. The van der Waals surface area contributed by atoms with Crippen molar-refractivity contribution in [3.8, 4) is 0 Å². The zero-order chi connectivity index (χ0) is 19.8. The number of fused-ring (bicyclic) bond motifs is 1. The van der Waals surface area contributed by atoms with Gasteiger partial charge in [0.2, 0.25) is 0 Å². The molecule has 2 heterocycles. The number of aryl methyl sites for hydroxylation is 1. The van der Waals surface area contributed by atoms with Crippen LogP contribution in [0, 0.1) is 6.92 Å². The van der Waals surface area contributed by atoms with E-state index in [4.69, 9.17) is 11.6 Å². The van der Waals surface area contributed by atoms with Gasteiger partial charge < -0.3 is 4.90 Å². The number of hydrogen-bond donors (Lipinski definition) is 1. The minimum absolute atomic E-state index is 0.130. The van der Waals surface area contributed by atoms with E-state index in [2.05, 4.69) is 67.3 Å². The lowest BCUT2D eigenvalue weighted by atomic mass is 9.79. The predicted molar refractivity (Wildman–Crippen MR) is 111 cm³/mol. The van der Waals surface area contributed by atoms with Crippen molar-refractivity contribution >= 4 is 29.4 Å². The molecule has 142 valence electrons. The van der Waals surface area contributed by atoms with Gasteiger partial charge in [-0.3, -0.25) is 4.79 Å². The van der Waals surface area contributed by atoms with E-state index < -0.39 is 0 Å². The summed E-state index contributed by atoms with van der Waals surface area (Å²) in [6.45, 7) is 8.87. The topological polar surface area (TPSA) is 57.6 Å². The van der Waals surface area contributed by atoms with Crippen LogP contribution in [0.3, 0.4) is 0 Å². The number of benzene rings is 1. The Morgan fingerprint density at radius 3 is 2.89 bits per heavy atom. The molecular formula is C21H25ClN4O. The number of amides is 1. The van der Waals surface area contributed by atoms with Crippen molar-refractivity contribution in [1.29, 1.82) is 0 Å². The molecule has 1 aromatic carbocycles. The van der Waals surface area contributed by atoms with Crippen molar-refractivity contribution in [2.24, 2.45) is 5.10 Å². The Balaban J connectivity index is 1.82. The lowest BCUT2D eigenvalue weighted by Gasteiger charge is -2.45. The lowest BCUT2D eigenvalue weighted by molar-refractivity contribution is 0.0955. The molecule has 6 heteroatoms. The summed E-state index contributed by atoms with van der Waals surface area (Å²) in [6, 6.07) is 7.66. The molecular weight excluding hydrogens is 360 g/mol. The van der Waals surface area contributed by atoms with Gasteiger partial charge in [-0.2, -0.15) is 5.10 Å². The van der Waals surface area contributed by atoms with E-state index in [9.17, 15) is 4.79 Å². The number of pyridine rings is 1. The van der Waals surface area contributed by atoms with Gasteiger partial charge in [-0.05, 0) is 74.1 Å². The molecule has 0 spiro atoms. The molecule has 2 aromatic rings. The largest absolute Gasteiger partial charge is 0.369 e. The van der Waals surface area contributed by atoms with Crippen molar-refractivity contribution in [1.82, 2.24) is 10.4 Å². The van der Waals surface area contributed by atoms with E-state index in [0.29, 0.717) is 11.5 Å². The smallest absolute Gasteiger partial charge is 0.274 e. The SMILES string of the molecule is Cc1cc2c(cc1/C=N\NC(=O)c1cccnc1Cl)C(C)CC(C)(C)N2C. The third-order valence-corrected chi connectivity index (χ3v) is 5.70. The normalized spacial score (nSPS) is 18.4. The summed E-state index contributed by atoms with van der Waals surface area (Å²) in [5.41, 5.74) is 7.64. The Kier molecular flexibility index (Phi) is 5.24. The highest BCUT2D eigenvalue weighted by Gasteiger charge is 2.34. The fraction of sp³-hybridized carbons (Fsp3) is 0.381. The second-order valence-electron chi connectivity index (χ2n) is 7.79. The number of carbonyl (C=O) groups is 1. The summed E-state index contributed by atoms with van der Waals surface area (Å²) in [4.78, 5) is 18.4. The number of rotatable bonds is 3. The van der Waals surface area contributed by atoms with Gasteiger partial charge >= 0.3 is 0 Å². The number of nitrogens with one attached hydrogen (secondary N) is 1. The first-order valence-corrected chi connectivity index (χ1v) is 9.41. The molecule has 5 nitrogen and oxygen atoms in total. The van der Waals surface area contributed by atoms with Crippen molar-refractivity contribution < 1.29 is 4.79 Å². The molecule has 1 unspecified atom stereocenters. The molecule has 1 aromatic heterocycles. The molecule has 0 bridgehead atoms. The minimum atomic E-state index is -0.380. The molecule has 0 saturated carbocycles. The van der Waals surface area contributed by atoms with Gasteiger partial charge in [0.1, 0.15) is 5.15 Å². The van der Waals surface area contributed by atoms with Crippen LogP contribution in [-0.4, -0.2) is 29.7 Å². The predicted octanol–water partition coefficient (Wildman–Crippen LogP) is 4.53. The summed E-state index contributed by atoms with van der Waals surface area (Å²) < 4.78 is 0. The van der Waals surface area contributed by atoms with Gasteiger partial charge in [-0.25, -0.2) is 10.4 Å². The number of nitrogens with zero attached hydrogens (tertiary/aromatic N) is 3. The molecule has 0 radical (unpaired) electrons. The number of hydrogen-bond acceptors (Lipinski definition) is 4. The number of halogens is 1. The molecule has 1 amide bonds. The van der Waals surface area contributed by atoms with E-state index in [1.807, 2.05) is 0 Å². The van der Waals surface area contributed by atoms with Crippen molar-refractivity contribution in [2.75, 3.05) is 11.9 Å². The van der Waals surface area contributed by atoms with Gasteiger partial charge in [0.15, 0.2) is 0 Å². The second kappa shape index (κ2) is 7.31. The highest BCUT2D eigenvalue weighted by molar-refractivity contribution is 6.32. The van der Waals surface area contributed by atoms with Crippen LogP contribution in [0.5, 0.6) is 0 Å². The first-order valence-electron chi connectivity index (χ1n) is 9.03. The summed E-state index contributed by atoms with van der Waals surface area (Å²) in [7, 11) is 2.15. The van der Waals surface area contributed by atoms with Crippen molar-refractivity contribution in [2.45, 2.75) is 45.6 Å². The van der Waals surface area contributed by atoms with Crippen LogP contribution < -0.4 is 10.3 Å². The maximum Gasteiger partial charge on any atom is 0.274 e. The van der Waals surface area contributed by atoms with Crippen LogP contribution >= 0.6 is 11.6 Å². The average Bonchev–Trinajstić information content (AvgIpc) is 2.60. The summed E-state index contributed by atoms with van der Waals surface area (Å²) >= 11 is 5.94. The Morgan fingerprint density at radius 1 is 1.44 bits per heavy atom. The highest BCUT2D eigenvalue weighted by Crippen LogP contribution is 2.43. The van der Waals surface area contributed by atoms with Gasteiger partial charge in [0, 0.05) is 24.5 Å². The van der Waals surface area contributed by atoms with Crippen LogP contribution in [-0.2, 0) is 0 Å². The first kappa shape index (κ1) is 19.4. The summed E-state index contributed by atoms with van der Waals surface area (Å²) in [5.74, 6) is 0.0811. The molecule has 1 aliphatic heterocycles. The van der Waals surface area contributed by atoms with Crippen LogP contribution in [0.25, 0.3) is 0 Å². The van der Waals surface area contributed by atoms with Gasteiger partial charge in [0.25, 0.3) is 5.91 Å². The van der Waals surface area contributed by atoms with E-state index in [1.54, 1.807) is 24.5 Å². The van der Waals surface area contributed by atoms with E-state index in [0.717, 1.165) is 17.5 Å². The Labute approximate surface area is 165 Å².